The van der Waals surface area contributed by atoms with Gasteiger partial charge in [-0.2, -0.15) is 0 Å². The van der Waals surface area contributed by atoms with E-state index in [0.717, 1.165) is 19.4 Å². The van der Waals surface area contributed by atoms with Crippen LogP contribution < -0.4 is 0 Å². The van der Waals surface area contributed by atoms with Gasteiger partial charge in [0.1, 0.15) is 5.06 Å². The second kappa shape index (κ2) is 1.64. The average Bonchev–Trinajstić information content (AvgIpc) is 1.84. The maximum absolute atomic E-state index is 5.75. The third-order valence-corrected chi connectivity index (χ3v) is 1.47. The van der Waals surface area contributed by atoms with Crippen LogP contribution >= 0.6 is 11.6 Å². The Kier molecular flexibility index (Phi) is 1.26. The van der Waals surface area contributed by atoms with Crippen LogP contribution in [0.25, 0.3) is 0 Å². The van der Waals surface area contributed by atoms with Gasteiger partial charge in [-0.15, -0.1) is 0 Å². The number of rotatable bonds is 0. The lowest BCUT2D eigenvalue weighted by Crippen LogP contribution is -2.11. The molecular formula is C5H9ClO. The van der Waals surface area contributed by atoms with E-state index >= 15 is 0 Å². The molecular weight excluding hydrogens is 112 g/mol. The van der Waals surface area contributed by atoms with E-state index in [-0.39, 0.29) is 5.06 Å². The molecule has 1 aliphatic rings. The molecule has 0 amide bonds. The molecule has 0 unspecified atom stereocenters. The molecule has 1 heterocycles. The summed E-state index contributed by atoms with van der Waals surface area (Å²) in [5.41, 5.74) is 0. The molecule has 42 valence electrons. The Morgan fingerprint density at radius 1 is 1.71 bits per heavy atom. The molecule has 0 saturated carbocycles. The van der Waals surface area contributed by atoms with E-state index in [4.69, 9.17) is 16.3 Å². The fourth-order valence-electron chi connectivity index (χ4n) is 0.745. The zero-order valence-corrected chi connectivity index (χ0v) is 5.16. The first-order chi connectivity index (χ1) is 3.21. The number of alkyl halides is 1. The van der Waals surface area contributed by atoms with E-state index in [1.165, 1.54) is 0 Å². The lowest BCUT2D eigenvalue weighted by atomic mass is 10.3. The van der Waals surface area contributed by atoms with Crippen LogP contribution in [-0.4, -0.2) is 11.7 Å². The lowest BCUT2D eigenvalue weighted by molar-refractivity contribution is 0.0905. The van der Waals surface area contributed by atoms with Crippen molar-refractivity contribution in [3.63, 3.8) is 0 Å². The first-order valence-electron chi connectivity index (χ1n) is 2.54. The predicted molar refractivity (Wildman–Crippen MR) is 29.4 cm³/mol. The van der Waals surface area contributed by atoms with Crippen molar-refractivity contribution in [2.24, 2.45) is 0 Å². The van der Waals surface area contributed by atoms with Gasteiger partial charge in [-0.1, -0.05) is 11.6 Å². The molecule has 1 nitrogen and oxygen atoms in total. The minimum Gasteiger partial charge on any atom is -0.360 e. The fourth-order valence-corrected chi connectivity index (χ4v) is 0.956. The largest absolute Gasteiger partial charge is 0.360 e. The maximum atomic E-state index is 5.75. The highest BCUT2D eigenvalue weighted by molar-refractivity contribution is 6.22. The molecule has 0 bridgehead atoms. The van der Waals surface area contributed by atoms with Crippen molar-refractivity contribution in [3.05, 3.63) is 0 Å². The molecule has 1 rings (SSSR count). The molecule has 0 aromatic rings. The van der Waals surface area contributed by atoms with Crippen molar-refractivity contribution < 1.29 is 4.74 Å². The third-order valence-electron chi connectivity index (χ3n) is 1.17. The van der Waals surface area contributed by atoms with Gasteiger partial charge in [-0.25, -0.2) is 0 Å². The molecule has 7 heavy (non-hydrogen) atoms. The average molecular weight is 121 g/mol. The van der Waals surface area contributed by atoms with Crippen molar-refractivity contribution in [2.45, 2.75) is 24.8 Å². The summed E-state index contributed by atoms with van der Waals surface area (Å²) in [6.45, 7) is 2.74. The zero-order chi connectivity index (χ0) is 5.33. The lowest BCUT2D eigenvalue weighted by Gasteiger charge is -2.11. The van der Waals surface area contributed by atoms with E-state index in [0.29, 0.717) is 0 Å². The smallest absolute Gasteiger partial charge is 0.139 e. The second-order valence-corrected chi connectivity index (χ2v) is 2.85. The summed E-state index contributed by atoms with van der Waals surface area (Å²) in [4.78, 5) is 0. The van der Waals surface area contributed by atoms with Crippen LogP contribution in [0, 0.1) is 0 Å². The Morgan fingerprint density at radius 3 is 2.57 bits per heavy atom. The van der Waals surface area contributed by atoms with Gasteiger partial charge < -0.3 is 4.74 Å². The minimum atomic E-state index is -0.333. The highest BCUT2D eigenvalue weighted by Gasteiger charge is 2.25. The molecule has 1 fully saturated rings. The fraction of sp³-hybridized carbons (Fsp3) is 1.00. The Labute approximate surface area is 48.6 Å². The molecule has 1 saturated heterocycles. The minimum absolute atomic E-state index is 0.333. The number of hydrogen-bond donors (Lipinski definition) is 0. The number of halogens is 1. The Balaban J connectivity index is 2.40. The van der Waals surface area contributed by atoms with E-state index in [9.17, 15) is 0 Å². The monoisotopic (exact) mass is 120 g/mol. The standard InChI is InChI=1S/C5H9ClO/c1-5(6)3-2-4-7-5/h2-4H2,1H3/t5-/m0/s1. The predicted octanol–water partition coefficient (Wildman–Crippen LogP) is 1.75. The highest BCUT2D eigenvalue weighted by Crippen LogP contribution is 2.28. The van der Waals surface area contributed by atoms with Gasteiger partial charge >= 0.3 is 0 Å². The van der Waals surface area contributed by atoms with Crippen molar-refractivity contribution in [3.8, 4) is 0 Å². The van der Waals surface area contributed by atoms with Gasteiger partial charge in [-0.05, 0) is 19.8 Å². The van der Waals surface area contributed by atoms with Crippen molar-refractivity contribution in [2.75, 3.05) is 6.61 Å². The third kappa shape index (κ3) is 1.32. The van der Waals surface area contributed by atoms with Gasteiger partial charge in [0.15, 0.2) is 0 Å². The van der Waals surface area contributed by atoms with E-state index in [1.807, 2.05) is 6.92 Å². The van der Waals surface area contributed by atoms with E-state index < -0.39 is 0 Å². The number of ether oxygens (including phenoxy) is 1. The highest BCUT2D eigenvalue weighted by atomic mass is 35.5. The first-order valence-corrected chi connectivity index (χ1v) is 2.91. The second-order valence-electron chi connectivity index (χ2n) is 2.05. The van der Waals surface area contributed by atoms with Crippen LogP contribution in [-0.2, 0) is 4.74 Å². The van der Waals surface area contributed by atoms with Gasteiger partial charge in [-0.3, -0.25) is 0 Å². The van der Waals surface area contributed by atoms with E-state index in [1.54, 1.807) is 0 Å². The summed E-state index contributed by atoms with van der Waals surface area (Å²) in [6, 6.07) is 0. The van der Waals surface area contributed by atoms with Gasteiger partial charge in [0, 0.05) is 6.61 Å². The summed E-state index contributed by atoms with van der Waals surface area (Å²) in [6.07, 6.45) is 2.11. The first kappa shape index (κ1) is 5.39. The van der Waals surface area contributed by atoms with Crippen LogP contribution in [0.1, 0.15) is 19.8 Å². The van der Waals surface area contributed by atoms with Gasteiger partial charge in [0.2, 0.25) is 0 Å². The Bertz CT molecular complexity index is 62.5. The van der Waals surface area contributed by atoms with Crippen LogP contribution in [0.2, 0.25) is 0 Å². The van der Waals surface area contributed by atoms with Crippen molar-refractivity contribution in [1.29, 1.82) is 0 Å². The summed E-state index contributed by atoms with van der Waals surface area (Å²) in [7, 11) is 0. The molecule has 0 aromatic heterocycles. The summed E-state index contributed by atoms with van der Waals surface area (Å²) in [5, 5.41) is -0.333. The molecule has 0 N–H and O–H groups in total. The quantitative estimate of drug-likeness (QED) is 0.443. The van der Waals surface area contributed by atoms with Crippen LogP contribution in [0.5, 0.6) is 0 Å². The van der Waals surface area contributed by atoms with E-state index in [2.05, 4.69) is 0 Å². The Hall–Kier alpha value is 0.250. The van der Waals surface area contributed by atoms with Crippen LogP contribution in [0.3, 0.4) is 0 Å². The SMILES string of the molecule is C[C@@]1(Cl)CCCO1. The van der Waals surface area contributed by atoms with Crippen molar-refractivity contribution in [1.82, 2.24) is 0 Å². The summed E-state index contributed by atoms with van der Waals surface area (Å²) < 4.78 is 5.11. The van der Waals surface area contributed by atoms with Gasteiger partial charge in [0.25, 0.3) is 0 Å². The van der Waals surface area contributed by atoms with Crippen LogP contribution in [0.4, 0.5) is 0 Å². The van der Waals surface area contributed by atoms with Crippen LogP contribution in [0.15, 0.2) is 0 Å². The molecule has 1 atom stereocenters. The Morgan fingerprint density at radius 2 is 2.43 bits per heavy atom. The summed E-state index contributed by atoms with van der Waals surface area (Å²) in [5.74, 6) is 0. The topological polar surface area (TPSA) is 9.23 Å². The maximum Gasteiger partial charge on any atom is 0.139 e. The molecule has 0 aromatic carbocycles. The summed E-state index contributed by atoms with van der Waals surface area (Å²) >= 11 is 5.75. The molecule has 0 radical (unpaired) electrons. The molecule has 0 aliphatic carbocycles. The molecule has 2 heteroatoms. The normalized spacial score (nSPS) is 42.0. The molecule has 1 aliphatic heterocycles. The zero-order valence-electron chi connectivity index (χ0n) is 4.41. The molecule has 0 spiro atoms. The van der Waals surface area contributed by atoms with Crippen molar-refractivity contribution >= 4 is 11.6 Å². The number of hydrogen-bond acceptors (Lipinski definition) is 1. The van der Waals surface area contributed by atoms with Gasteiger partial charge in [0.05, 0.1) is 0 Å².